The summed E-state index contributed by atoms with van der Waals surface area (Å²) in [6.07, 6.45) is 1.87. The number of halogens is 4. The Labute approximate surface area is 202 Å². The normalized spacial score (nSPS) is 15.8. The van der Waals surface area contributed by atoms with E-state index in [2.05, 4.69) is 4.90 Å². The summed E-state index contributed by atoms with van der Waals surface area (Å²) in [4.78, 5) is 19.2. The number of amides is 1. The third-order valence-electron chi connectivity index (χ3n) is 4.28. The molecule has 0 atom stereocenters. The molecule has 1 fully saturated rings. The number of alkyl halides is 4. The van der Waals surface area contributed by atoms with Crippen LogP contribution in [0.25, 0.3) is 6.08 Å². The summed E-state index contributed by atoms with van der Waals surface area (Å²) in [6, 6.07) is 7.97. The lowest BCUT2D eigenvalue weighted by Crippen LogP contribution is -2.42. The number of benzene rings is 1. The van der Waals surface area contributed by atoms with Crippen LogP contribution in [0, 0.1) is 0 Å². The lowest BCUT2D eigenvalue weighted by molar-refractivity contribution is -0.123. The summed E-state index contributed by atoms with van der Waals surface area (Å²) in [6.45, 7) is 3.15. The van der Waals surface area contributed by atoms with Crippen LogP contribution in [0.5, 0.6) is 0 Å². The Morgan fingerprint density at radius 1 is 0.931 bits per heavy atom. The van der Waals surface area contributed by atoms with Gasteiger partial charge in [-0.15, -0.1) is 46.4 Å². The van der Waals surface area contributed by atoms with Gasteiger partial charge in [0.2, 0.25) is 0 Å². The molecule has 1 aromatic rings. The van der Waals surface area contributed by atoms with Crippen molar-refractivity contribution in [1.82, 2.24) is 9.80 Å². The zero-order valence-electron chi connectivity index (χ0n) is 15.8. The number of thiocarbonyl (C=S) groups is 1. The fourth-order valence-electron chi connectivity index (χ4n) is 2.82. The number of thioether (sulfide) groups is 1. The molecular formula is C19H23Cl4N3OS2. The summed E-state index contributed by atoms with van der Waals surface area (Å²) in [7, 11) is 0. The molecular weight excluding hydrogens is 492 g/mol. The molecule has 0 spiro atoms. The van der Waals surface area contributed by atoms with Gasteiger partial charge in [0.05, 0.1) is 11.6 Å². The van der Waals surface area contributed by atoms with Crippen molar-refractivity contribution in [2.45, 2.75) is 0 Å². The highest BCUT2D eigenvalue weighted by Crippen LogP contribution is 2.33. The van der Waals surface area contributed by atoms with E-state index in [0.717, 1.165) is 24.3 Å². The average Bonchev–Trinajstić information content (AvgIpc) is 2.96. The van der Waals surface area contributed by atoms with E-state index in [0.29, 0.717) is 52.5 Å². The molecule has 0 aliphatic carbocycles. The van der Waals surface area contributed by atoms with Crippen molar-refractivity contribution < 1.29 is 4.79 Å². The van der Waals surface area contributed by atoms with Crippen LogP contribution in [0.15, 0.2) is 29.2 Å². The van der Waals surface area contributed by atoms with Crippen molar-refractivity contribution in [3.63, 3.8) is 0 Å². The highest BCUT2D eigenvalue weighted by Gasteiger charge is 2.33. The Balaban J connectivity index is 2.10. The van der Waals surface area contributed by atoms with E-state index in [4.69, 9.17) is 58.6 Å². The third kappa shape index (κ3) is 7.46. The van der Waals surface area contributed by atoms with E-state index in [9.17, 15) is 4.79 Å². The summed E-state index contributed by atoms with van der Waals surface area (Å²) in [5.41, 5.74) is 1.98. The highest BCUT2D eigenvalue weighted by atomic mass is 35.5. The summed E-state index contributed by atoms with van der Waals surface area (Å²) in [5.74, 6) is 1.91. The van der Waals surface area contributed by atoms with E-state index in [1.54, 1.807) is 4.90 Å². The lowest BCUT2D eigenvalue weighted by atomic mass is 10.1. The molecule has 1 aliphatic heterocycles. The molecule has 1 heterocycles. The van der Waals surface area contributed by atoms with Crippen LogP contribution in [-0.2, 0) is 4.79 Å². The van der Waals surface area contributed by atoms with Gasteiger partial charge in [-0.05, 0) is 23.8 Å². The Morgan fingerprint density at radius 2 is 1.48 bits per heavy atom. The summed E-state index contributed by atoms with van der Waals surface area (Å²) >= 11 is 30.2. The zero-order valence-corrected chi connectivity index (χ0v) is 20.5. The second-order valence-corrected chi connectivity index (χ2v) is 9.39. The fraction of sp³-hybridized carbons (Fsp3) is 0.474. The van der Waals surface area contributed by atoms with Crippen molar-refractivity contribution in [3.05, 3.63) is 34.7 Å². The Hall–Kier alpha value is -0.210. The average molecular weight is 515 g/mol. The maximum Gasteiger partial charge on any atom is 0.267 e. The molecule has 4 nitrogen and oxygen atoms in total. The van der Waals surface area contributed by atoms with Crippen molar-refractivity contribution in [2.24, 2.45) is 0 Å². The van der Waals surface area contributed by atoms with Gasteiger partial charge in [-0.3, -0.25) is 14.6 Å². The number of nitrogens with zero attached hydrogens (tertiary/aromatic N) is 3. The van der Waals surface area contributed by atoms with Gasteiger partial charge < -0.3 is 4.90 Å². The van der Waals surface area contributed by atoms with Gasteiger partial charge in [0.1, 0.15) is 4.32 Å². The number of hydrogen-bond donors (Lipinski definition) is 0. The van der Waals surface area contributed by atoms with Crippen LogP contribution in [0.3, 0.4) is 0 Å². The fourth-order valence-corrected chi connectivity index (χ4v) is 4.95. The first-order valence-electron chi connectivity index (χ1n) is 9.10. The zero-order chi connectivity index (χ0) is 21.2. The van der Waals surface area contributed by atoms with Gasteiger partial charge in [0.25, 0.3) is 5.91 Å². The number of anilines is 1. The summed E-state index contributed by atoms with van der Waals surface area (Å²) < 4.78 is 0.544. The second kappa shape index (κ2) is 13.3. The number of carbonyl (C=O) groups is 1. The first kappa shape index (κ1) is 25.1. The van der Waals surface area contributed by atoms with Crippen LogP contribution in [0.1, 0.15) is 5.56 Å². The third-order valence-corrected chi connectivity index (χ3v) is 6.34. The molecule has 1 amide bonds. The van der Waals surface area contributed by atoms with E-state index in [1.165, 1.54) is 11.8 Å². The molecule has 0 bridgehead atoms. The van der Waals surface area contributed by atoms with E-state index in [1.807, 2.05) is 35.2 Å². The number of rotatable bonds is 12. The topological polar surface area (TPSA) is 26.8 Å². The van der Waals surface area contributed by atoms with Gasteiger partial charge in [-0.25, -0.2) is 0 Å². The molecule has 1 aliphatic rings. The lowest BCUT2D eigenvalue weighted by Gasteiger charge is -2.25. The van der Waals surface area contributed by atoms with E-state index in [-0.39, 0.29) is 5.91 Å². The van der Waals surface area contributed by atoms with Crippen LogP contribution >= 0.6 is 70.4 Å². The molecule has 0 saturated carbocycles. The molecule has 10 heteroatoms. The Bertz CT molecular complexity index is 706. The molecule has 1 aromatic carbocycles. The van der Waals surface area contributed by atoms with E-state index >= 15 is 0 Å². The van der Waals surface area contributed by atoms with Crippen molar-refractivity contribution >= 4 is 92.4 Å². The smallest absolute Gasteiger partial charge is 0.267 e. The molecule has 29 heavy (non-hydrogen) atoms. The van der Waals surface area contributed by atoms with Gasteiger partial charge in [0.15, 0.2) is 0 Å². The first-order chi connectivity index (χ1) is 14.0. The molecule has 1 saturated heterocycles. The van der Waals surface area contributed by atoms with Crippen LogP contribution < -0.4 is 4.90 Å². The minimum atomic E-state index is -0.0934. The minimum Gasteiger partial charge on any atom is -0.369 e. The second-order valence-electron chi connectivity index (χ2n) is 6.20. The number of carbonyl (C=O) groups excluding carboxylic acids is 1. The monoisotopic (exact) mass is 513 g/mol. The molecule has 0 N–H and O–H groups in total. The predicted molar refractivity (Wildman–Crippen MR) is 133 cm³/mol. The van der Waals surface area contributed by atoms with Gasteiger partial charge >= 0.3 is 0 Å². The first-order valence-corrected chi connectivity index (χ1v) is 12.5. The predicted octanol–water partition coefficient (Wildman–Crippen LogP) is 4.91. The van der Waals surface area contributed by atoms with E-state index < -0.39 is 0 Å². The molecule has 2 rings (SSSR count). The number of hydrogen-bond acceptors (Lipinski definition) is 5. The van der Waals surface area contributed by atoms with Crippen molar-refractivity contribution in [2.75, 3.05) is 61.3 Å². The quantitative estimate of drug-likeness (QED) is 0.224. The van der Waals surface area contributed by atoms with Crippen LogP contribution in [0.2, 0.25) is 0 Å². The molecule has 0 unspecified atom stereocenters. The Kier molecular flexibility index (Phi) is 11.5. The molecule has 0 radical (unpaired) electrons. The van der Waals surface area contributed by atoms with Crippen LogP contribution in [0.4, 0.5) is 5.69 Å². The minimum absolute atomic E-state index is 0.0934. The summed E-state index contributed by atoms with van der Waals surface area (Å²) in [5, 5.41) is 0. The molecule has 160 valence electrons. The standard InChI is InChI=1S/C19H23Cl4N3OS2/c20-5-9-24(10-6-21)14-26-18(27)17(29-19(26)28)13-15-1-3-16(4-2-15)25(11-7-22)12-8-23/h1-4,13H,5-12,14H2. The molecule has 0 aromatic heterocycles. The van der Waals surface area contributed by atoms with Gasteiger partial charge in [-0.1, -0.05) is 36.1 Å². The van der Waals surface area contributed by atoms with Gasteiger partial charge in [0, 0.05) is 55.4 Å². The van der Waals surface area contributed by atoms with Crippen molar-refractivity contribution in [1.29, 1.82) is 0 Å². The SMILES string of the molecule is O=C1C(=Cc2ccc(N(CCCl)CCCl)cc2)SC(=S)N1CN(CCCl)CCCl. The maximum atomic E-state index is 12.8. The van der Waals surface area contributed by atoms with Crippen molar-refractivity contribution in [3.8, 4) is 0 Å². The largest absolute Gasteiger partial charge is 0.369 e. The Morgan fingerprint density at radius 3 is 2.00 bits per heavy atom. The van der Waals surface area contributed by atoms with Crippen LogP contribution in [-0.4, -0.2) is 76.4 Å². The maximum absolute atomic E-state index is 12.8. The van der Waals surface area contributed by atoms with Gasteiger partial charge in [-0.2, -0.15) is 0 Å². The highest BCUT2D eigenvalue weighted by molar-refractivity contribution is 8.26.